The van der Waals surface area contributed by atoms with E-state index in [0.29, 0.717) is 12.0 Å². The van der Waals surface area contributed by atoms with Gasteiger partial charge in [0.1, 0.15) is 5.75 Å². The van der Waals surface area contributed by atoms with E-state index in [1.54, 1.807) is 6.07 Å². The number of halogens is 3. The number of hydrogen-bond acceptors (Lipinski definition) is 2. The van der Waals surface area contributed by atoms with Crippen molar-refractivity contribution in [1.82, 2.24) is 0 Å². The van der Waals surface area contributed by atoms with Crippen LogP contribution in [0.2, 0.25) is 0 Å². The summed E-state index contributed by atoms with van der Waals surface area (Å²) in [4.78, 5) is 0. The van der Waals surface area contributed by atoms with Crippen molar-refractivity contribution in [3.63, 3.8) is 0 Å². The molecule has 0 spiro atoms. The number of aliphatic hydroxyl groups excluding tert-OH is 1. The van der Waals surface area contributed by atoms with E-state index in [-0.39, 0.29) is 12.4 Å². The Morgan fingerprint density at radius 1 is 1.41 bits per heavy atom. The van der Waals surface area contributed by atoms with E-state index in [1.165, 1.54) is 12.1 Å². The van der Waals surface area contributed by atoms with Crippen molar-refractivity contribution < 1.29 is 23.0 Å². The fraction of sp³-hybridized carbons (Fsp3) is 0.417. The lowest BCUT2D eigenvalue weighted by atomic mass is 9.95. The molecule has 1 aromatic carbocycles. The minimum Gasteiger partial charge on any atom is -0.406 e. The second-order valence-corrected chi connectivity index (χ2v) is 3.64. The van der Waals surface area contributed by atoms with E-state index in [2.05, 4.69) is 11.7 Å². The number of aliphatic hydroxyl groups is 1. The molecule has 1 atom stereocenters. The molecule has 2 nitrogen and oxygen atoms in total. The lowest BCUT2D eigenvalue weighted by molar-refractivity contribution is -0.274. The van der Waals surface area contributed by atoms with Gasteiger partial charge in [0.25, 0.3) is 0 Å². The molecule has 0 aliphatic carbocycles. The van der Waals surface area contributed by atoms with Gasteiger partial charge in [-0.2, -0.15) is 0 Å². The third-order valence-corrected chi connectivity index (χ3v) is 2.39. The molecule has 0 aliphatic heterocycles. The third kappa shape index (κ3) is 3.93. The Morgan fingerprint density at radius 3 is 2.53 bits per heavy atom. The van der Waals surface area contributed by atoms with Crippen LogP contribution >= 0.6 is 0 Å². The minimum absolute atomic E-state index is 0.220. The van der Waals surface area contributed by atoms with Crippen LogP contribution in [0.5, 0.6) is 5.75 Å². The average Bonchev–Trinajstić information content (AvgIpc) is 2.25. The molecule has 1 N–H and O–H groups in total. The molecule has 0 saturated heterocycles. The second-order valence-electron chi connectivity index (χ2n) is 3.64. The van der Waals surface area contributed by atoms with Gasteiger partial charge in [0.2, 0.25) is 0 Å². The molecule has 0 heterocycles. The Morgan fingerprint density at radius 2 is 2.06 bits per heavy atom. The summed E-state index contributed by atoms with van der Waals surface area (Å²) in [5, 5.41) is 9.01. The van der Waals surface area contributed by atoms with Crippen LogP contribution in [0.1, 0.15) is 24.0 Å². The molecular weight excluding hydrogens is 233 g/mol. The Kier molecular flexibility index (Phi) is 4.40. The molecule has 0 bridgehead atoms. The van der Waals surface area contributed by atoms with Gasteiger partial charge in [-0.1, -0.05) is 13.0 Å². The van der Waals surface area contributed by atoms with Gasteiger partial charge in [0.15, 0.2) is 0 Å². The molecule has 0 fully saturated rings. The van der Waals surface area contributed by atoms with Crippen LogP contribution in [0.15, 0.2) is 18.2 Å². The summed E-state index contributed by atoms with van der Waals surface area (Å²) >= 11 is 0. The Bertz CT molecular complexity index is 375. The van der Waals surface area contributed by atoms with Crippen molar-refractivity contribution in [2.45, 2.75) is 25.6 Å². The molecule has 5 heteroatoms. The third-order valence-electron chi connectivity index (χ3n) is 2.39. The predicted molar refractivity (Wildman–Crippen MR) is 57.7 cm³/mol. The molecular formula is C12H14F3O2. The molecule has 0 aliphatic rings. The summed E-state index contributed by atoms with van der Waals surface area (Å²) < 4.78 is 40.0. The lowest BCUT2D eigenvalue weighted by Gasteiger charge is -2.16. The van der Waals surface area contributed by atoms with Crippen molar-refractivity contribution in [2.75, 3.05) is 6.61 Å². The van der Waals surface area contributed by atoms with Crippen molar-refractivity contribution in [3.05, 3.63) is 36.2 Å². The van der Waals surface area contributed by atoms with E-state index in [0.717, 1.165) is 5.56 Å². The summed E-state index contributed by atoms with van der Waals surface area (Å²) in [7, 11) is 0. The van der Waals surface area contributed by atoms with Crippen LogP contribution < -0.4 is 4.74 Å². The van der Waals surface area contributed by atoms with Gasteiger partial charge < -0.3 is 9.84 Å². The number of hydrogen-bond donors (Lipinski definition) is 1. The SMILES string of the molecule is [CH2]C(CO)c1cc(OC(F)(F)F)ccc1CC. The monoisotopic (exact) mass is 247 g/mol. The molecule has 1 rings (SSSR count). The molecule has 1 radical (unpaired) electrons. The maximum absolute atomic E-state index is 12.1. The predicted octanol–water partition coefficient (Wildman–Crippen LogP) is 3.06. The average molecular weight is 247 g/mol. The van der Waals surface area contributed by atoms with Gasteiger partial charge >= 0.3 is 6.36 Å². The first-order chi connectivity index (χ1) is 7.87. The van der Waals surface area contributed by atoms with Crippen molar-refractivity contribution in [2.24, 2.45) is 0 Å². The number of ether oxygens (including phenoxy) is 1. The summed E-state index contributed by atoms with van der Waals surface area (Å²) in [6, 6.07) is 4.10. The summed E-state index contributed by atoms with van der Waals surface area (Å²) in [5.41, 5.74) is 1.44. The fourth-order valence-electron chi connectivity index (χ4n) is 1.57. The minimum atomic E-state index is -4.71. The maximum Gasteiger partial charge on any atom is 0.573 e. The molecule has 0 aromatic heterocycles. The first-order valence-corrected chi connectivity index (χ1v) is 5.20. The highest BCUT2D eigenvalue weighted by molar-refractivity contribution is 5.38. The van der Waals surface area contributed by atoms with Crippen LogP contribution in [-0.2, 0) is 6.42 Å². The highest BCUT2D eigenvalue weighted by Crippen LogP contribution is 2.28. The van der Waals surface area contributed by atoms with Crippen molar-refractivity contribution in [3.8, 4) is 5.75 Å². The quantitative estimate of drug-likeness (QED) is 0.886. The van der Waals surface area contributed by atoms with E-state index in [1.807, 2.05) is 6.92 Å². The van der Waals surface area contributed by atoms with Gasteiger partial charge in [0, 0.05) is 12.5 Å². The van der Waals surface area contributed by atoms with Crippen LogP contribution in [0.4, 0.5) is 13.2 Å². The van der Waals surface area contributed by atoms with Gasteiger partial charge in [-0.05, 0) is 36.6 Å². The van der Waals surface area contributed by atoms with Crippen LogP contribution in [0.25, 0.3) is 0 Å². The van der Waals surface area contributed by atoms with Crippen molar-refractivity contribution >= 4 is 0 Å². The van der Waals surface area contributed by atoms with Gasteiger partial charge in [-0.25, -0.2) is 0 Å². The van der Waals surface area contributed by atoms with Crippen molar-refractivity contribution in [1.29, 1.82) is 0 Å². The zero-order valence-electron chi connectivity index (χ0n) is 9.42. The first kappa shape index (κ1) is 13.8. The second kappa shape index (κ2) is 5.40. The summed E-state index contributed by atoms with van der Waals surface area (Å²) in [6.07, 6.45) is -4.05. The highest BCUT2D eigenvalue weighted by Gasteiger charge is 2.31. The molecule has 0 amide bonds. The largest absolute Gasteiger partial charge is 0.573 e. The van der Waals surface area contributed by atoms with E-state index >= 15 is 0 Å². The van der Waals surface area contributed by atoms with Gasteiger partial charge in [-0.3, -0.25) is 0 Å². The molecule has 17 heavy (non-hydrogen) atoms. The molecule has 95 valence electrons. The standard InChI is InChI=1S/C12H14F3O2/c1-3-9-4-5-10(17-12(13,14)15)6-11(9)8(2)7-16/h4-6,8,16H,2-3,7H2,1H3. The van der Waals surface area contributed by atoms with Crippen LogP contribution in [0, 0.1) is 6.92 Å². The number of rotatable bonds is 4. The van der Waals surface area contributed by atoms with Crippen LogP contribution in [-0.4, -0.2) is 18.1 Å². The maximum atomic E-state index is 12.1. The summed E-state index contributed by atoms with van der Waals surface area (Å²) in [6.45, 7) is 5.35. The number of benzene rings is 1. The normalized spacial score (nSPS) is 13.5. The topological polar surface area (TPSA) is 29.5 Å². The first-order valence-electron chi connectivity index (χ1n) is 5.20. The number of aryl methyl sites for hydroxylation is 1. The number of alkyl halides is 3. The zero-order chi connectivity index (χ0) is 13.1. The highest BCUT2D eigenvalue weighted by atomic mass is 19.4. The molecule has 0 saturated carbocycles. The molecule has 1 aromatic rings. The van der Waals surface area contributed by atoms with Gasteiger partial charge in [-0.15, -0.1) is 13.2 Å². The molecule has 1 unspecified atom stereocenters. The zero-order valence-corrected chi connectivity index (χ0v) is 9.42. The Balaban J connectivity index is 3.04. The fourth-order valence-corrected chi connectivity index (χ4v) is 1.57. The van der Waals surface area contributed by atoms with E-state index < -0.39 is 12.3 Å². The Labute approximate surface area is 98.0 Å². The van der Waals surface area contributed by atoms with Crippen LogP contribution in [0.3, 0.4) is 0 Å². The van der Waals surface area contributed by atoms with E-state index in [4.69, 9.17) is 5.11 Å². The lowest BCUT2D eigenvalue weighted by Crippen LogP contribution is -2.17. The smallest absolute Gasteiger partial charge is 0.406 e. The van der Waals surface area contributed by atoms with E-state index in [9.17, 15) is 13.2 Å². The Hall–Kier alpha value is -1.23. The van der Waals surface area contributed by atoms with Gasteiger partial charge in [0.05, 0.1) is 0 Å². The summed E-state index contributed by atoms with van der Waals surface area (Å²) in [5.74, 6) is -0.742.